The van der Waals surface area contributed by atoms with Gasteiger partial charge in [0.25, 0.3) is 11.8 Å². The van der Waals surface area contributed by atoms with Gasteiger partial charge < -0.3 is 31.5 Å². The first kappa shape index (κ1) is 29.0. The number of rotatable bonds is 12. The number of aryl methyl sites for hydroxylation is 2. The van der Waals surface area contributed by atoms with Crippen LogP contribution in [0.25, 0.3) is 0 Å². The van der Waals surface area contributed by atoms with E-state index in [9.17, 15) is 9.59 Å². The first-order chi connectivity index (χ1) is 18.6. The summed E-state index contributed by atoms with van der Waals surface area (Å²) in [6.45, 7) is 7.73. The molecule has 0 spiro atoms. The first-order valence-corrected chi connectivity index (χ1v) is 15.2. The molecule has 0 aliphatic rings. The van der Waals surface area contributed by atoms with Gasteiger partial charge in [0.2, 0.25) is 0 Å². The molecule has 2 amide bonds. The number of thiazole rings is 4. The molecule has 0 saturated carbocycles. The molecule has 4 aromatic heterocycles. The molecular formula is C23H28N8O4S4. The molecule has 4 heterocycles. The highest BCUT2D eigenvalue weighted by atomic mass is 32.1. The second-order valence-corrected chi connectivity index (χ2v) is 12.5. The van der Waals surface area contributed by atoms with Crippen molar-refractivity contribution in [2.24, 2.45) is 0 Å². The van der Waals surface area contributed by atoms with Crippen LogP contribution in [0.15, 0.2) is 10.8 Å². The zero-order valence-electron chi connectivity index (χ0n) is 21.6. The van der Waals surface area contributed by atoms with Crippen molar-refractivity contribution in [3.63, 3.8) is 0 Å². The summed E-state index contributed by atoms with van der Waals surface area (Å²) in [6, 6.07) is 0. The van der Waals surface area contributed by atoms with Gasteiger partial charge in [-0.1, -0.05) is 22.7 Å². The van der Waals surface area contributed by atoms with Crippen LogP contribution >= 0.6 is 45.3 Å². The average molecular weight is 609 g/mol. The number of nitrogens with zero attached hydrogens (tertiary/aromatic N) is 4. The molecule has 4 rings (SSSR count). The topological polar surface area (TPSA) is 174 Å². The number of hydrogen-bond donors (Lipinski definition) is 6. The number of aromatic nitrogens is 4. The van der Waals surface area contributed by atoms with E-state index in [4.69, 9.17) is 20.2 Å². The molecule has 12 nitrogen and oxygen atoms in total. The monoisotopic (exact) mass is 608 g/mol. The summed E-state index contributed by atoms with van der Waals surface area (Å²) in [5.74, 6) is -0.537. The van der Waals surface area contributed by atoms with Crippen LogP contribution in [0.1, 0.15) is 56.0 Å². The van der Waals surface area contributed by atoms with Gasteiger partial charge in [-0.15, -0.1) is 22.7 Å². The quantitative estimate of drug-likeness (QED) is 0.140. The number of carbonyl (C=O) groups excluding carboxylic acids is 2. The van der Waals surface area contributed by atoms with Crippen molar-refractivity contribution in [2.45, 2.75) is 33.1 Å². The maximum absolute atomic E-state index is 12.3. The molecule has 0 unspecified atom stereocenters. The van der Waals surface area contributed by atoms with E-state index >= 15 is 0 Å². The predicted octanol–water partition coefficient (Wildman–Crippen LogP) is 3.39. The number of anilines is 4. The van der Waals surface area contributed by atoms with Crippen molar-refractivity contribution in [1.82, 2.24) is 30.6 Å². The standard InChI is InChI=1S/C23H28N8O4S4/c1-11-15(17(34)24-5-7-32)38-21(26-11)30-19-28-13(9-36-19)23(3,4)14-10-37-20(29-14)31-22-27-12(2)16(39-22)18(35)25-6-8-33/h9-10,32-33H,5-8H2,1-4H3,(H,24,34)(H,25,35)(H,26,28,30)(H,27,29,31). The van der Waals surface area contributed by atoms with Gasteiger partial charge in [0.15, 0.2) is 20.5 Å². The third-order valence-electron chi connectivity index (χ3n) is 5.52. The summed E-state index contributed by atoms with van der Waals surface area (Å²) < 4.78 is 0. The minimum Gasteiger partial charge on any atom is -0.395 e. The minimum atomic E-state index is -0.491. The van der Waals surface area contributed by atoms with E-state index < -0.39 is 5.41 Å². The fourth-order valence-corrected chi connectivity index (χ4v) is 7.02. The van der Waals surface area contributed by atoms with E-state index in [-0.39, 0.29) is 38.1 Å². The molecule has 0 fully saturated rings. The summed E-state index contributed by atoms with van der Waals surface area (Å²) in [5, 5.41) is 35.9. The zero-order valence-corrected chi connectivity index (χ0v) is 24.9. The Morgan fingerprint density at radius 1 is 0.744 bits per heavy atom. The fraction of sp³-hybridized carbons (Fsp3) is 0.391. The lowest BCUT2D eigenvalue weighted by atomic mass is 9.87. The van der Waals surface area contributed by atoms with Crippen LogP contribution in [0.2, 0.25) is 0 Å². The number of carbonyl (C=O) groups is 2. The number of amides is 2. The molecule has 208 valence electrons. The maximum Gasteiger partial charge on any atom is 0.263 e. The molecule has 6 N–H and O–H groups in total. The van der Waals surface area contributed by atoms with Gasteiger partial charge in [-0.2, -0.15) is 0 Å². The predicted molar refractivity (Wildman–Crippen MR) is 155 cm³/mol. The molecule has 0 aliphatic carbocycles. The van der Waals surface area contributed by atoms with Crippen molar-refractivity contribution < 1.29 is 19.8 Å². The van der Waals surface area contributed by atoms with E-state index in [1.165, 1.54) is 45.3 Å². The lowest BCUT2D eigenvalue weighted by molar-refractivity contribution is 0.0940. The van der Waals surface area contributed by atoms with Crippen molar-refractivity contribution in [3.05, 3.63) is 43.3 Å². The van der Waals surface area contributed by atoms with Crippen molar-refractivity contribution in [1.29, 1.82) is 0 Å². The van der Waals surface area contributed by atoms with Crippen LogP contribution in [0.5, 0.6) is 0 Å². The average Bonchev–Trinajstić information content (AvgIpc) is 3.69. The third-order valence-corrected chi connectivity index (χ3v) is 9.18. The largest absolute Gasteiger partial charge is 0.395 e. The summed E-state index contributed by atoms with van der Waals surface area (Å²) in [5.41, 5.74) is 2.37. The smallest absolute Gasteiger partial charge is 0.263 e. The maximum atomic E-state index is 12.3. The molecule has 0 radical (unpaired) electrons. The highest BCUT2D eigenvalue weighted by Gasteiger charge is 2.29. The minimum absolute atomic E-state index is 0.126. The lowest BCUT2D eigenvalue weighted by Gasteiger charge is -2.19. The Balaban J connectivity index is 1.43. The van der Waals surface area contributed by atoms with Crippen LogP contribution in [-0.2, 0) is 5.41 Å². The van der Waals surface area contributed by atoms with Gasteiger partial charge in [-0.05, 0) is 27.7 Å². The van der Waals surface area contributed by atoms with E-state index in [0.29, 0.717) is 41.7 Å². The second kappa shape index (κ2) is 12.4. The Bertz CT molecular complexity index is 1350. The summed E-state index contributed by atoms with van der Waals surface area (Å²) in [6.07, 6.45) is 0. The Hall–Kier alpha value is -3.02. The van der Waals surface area contributed by atoms with Gasteiger partial charge in [-0.3, -0.25) is 9.59 Å². The lowest BCUT2D eigenvalue weighted by Crippen LogP contribution is -2.26. The summed E-state index contributed by atoms with van der Waals surface area (Å²) >= 11 is 5.33. The molecule has 16 heteroatoms. The Labute approximate surface area is 240 Å². The fourth-order valence-electron chi connectivity index (χ4n) is 3.37. The van der Waals surface area contributed by atoms with E-state index in [2.05, 4.69) is 31.2 Å². The normalized spacial score (nSPS) is 11.4. The molecule has 0 bridgehead atoms. The van der Waals surface area contributed by atoms with Crippen LogP contribution in [0, 0.1) is 13.8 Å². The Morgan fingerprint density at radius 2 is 1.15 bits per heavy atom. The molecule has 4 aromatic rings. The van der Waals surface area contributed by atoms with Crippen molar-refractivity contribution in [2.75, 3.05) is 36.9 Å². The first-order valence-electron chi connectivity index (χ1n) is 11.8. The van der Waals surface area contributed by atoms with Crippen LogP contribution in [0.4, 0.5) is 20.5 Å². The number of hydrogen-bond acceptors (Lipinski definition) is 14. The van der Waals surface area contributed by atoms with Gasteiger partial charge in [0.05, 0.1) is 41.4 Å². The van der Waals surface area contributed by atoms with E-state index in [1.807, 2.05) is 24.6 Å². The number of aliphatic hydroxyl groups is 2. The van der Waals surface area contributed by atoms with E-state index in [1.54, 1.807) is 13.8 Å². The molecule has 0 atom stereocenters. The molecule has 0 aliphatic heterocycles. The molecule has 0 saturated heterocycles. The third kappa shape index (κ3) is 6.77. The molecule has 39 heavy (non-hydrogen) atoms. The SMILES string of the molecule is Cc1nc(Nc2nc(C(C)(C)c3csc(Nc4nc(C)c(C(=O)NCCO)s4)n3)cs2)sc1C(=O)NCCO. The van der Waals surface area contributed by atoms with Crippen LogP contribution in [-0.4, -0.2) is 68.3 Å². The summed E-state index contributed by atoms with van der Waals surface area (Å²) in [7, 11) is 0. The Kier molecular flexibility index (Phi) is 9.24. The molecular weight excluding hydrogens is 581 g/mol. The van der Waals surface area contributed by atoms with E-state index in [0.717, 1.165) is 11.4 Å². The van der Waals surface area contributed by atoms with Crippen LogP contribution < -0.4 is 21.3 Å². The van der Waals surface area contributed by atoms with Gasteiger partial charge in [-0.25, -0.2) is 19.9 Å². The number of aliphatic hydroxyl groups excluding tert-OH is 2. The van der Waals surface area contributed by atoms with Gasteiger partial charge >= 0.3 is 0 Å². The van der Waals surface area contributed by atoms with Crippen molar-refractivity contribution in [3.8, 4) is 0 Å². The molecule has 0 aromatic carbocycles. The zero-order chi connectivity index (χ0) is 28.2. The van der Waals surface area contributed by atoms with Crippen LogP contribution in [0.3, 0.4) is 0 Å². The Morgan fingerprint density at radius 3 is 1.54 bits per heavy atom. The van der Waals surface area contributed by atoms with Crippen molar-refractivity contribution >= 4 is 77.7 Å². The highest BCUT2D eigenvalue weighted by Crippen LogP contribution is 2.37. The number of nitrogens with one attached hydrogen (secondary N) is 4. The highest BCUT2D eigenvalue weighted by molar-refractivity contribution is 7.19. The van der Waals surface area contributed by atoms with Gasteiger partial charge in [0, 0.05) is 23.8 Å². The second-order valence-electron chi connectivity index (χ2n) is 8.78. The van der Waals surface area contributed by atoms with Gasteiger partial charge in [0.1, 0.15) is 9.75 Å². The summed E-state index contributed by atoms with van der Waals surface area (Å²) in [4.78, 5) is 43.8.